The van der Waals surface area contributed by atoms with Crippen molar-refractivity contribution in [3.8, 4) is 0 Å². The van der Waals surface area contributed by atoms with Gasteiger partial charge in [-0.15, -0.1) is 0 Å². The van der Waals surface area contributed by atoms with Gasteiger partial charge in [0.05, 0.1) is 0 Å². The first-order valence-corrected chi connectivity index (χ1v) is 6.54. The first-order valence-electron chi connectivity index (χ1n) is 5.75. The Morgan fingerprint density at radius 1 is 1.14 bits per heavy atom. The topological polar surface area (TPSA) is 61.7 Å². The van der Waals surface area contributed by atoms with Crippen LogP contribution in [0.15, 0.2) is 52.0 Å². The molecule has 0 fully saturated rings. The molecule has 0 radical (unpaired) electrons. The first-order chi connectivity index (χ1) is 9.97. The lowest BCUT2D eigenvalue weighted by Crippen LogP contribution is -2.18. The molecule has 1 amide bonds. The Labute approximate surface area is 127 Å². The fourth-order valence-corrected chi connectivity index (χ4v) is 2.01. The smallest absolute Gasteiger partial charge is 0.425 e. The summed E-state index contributed by atoms with van der Waals surface area (Å²) < 4.78 is 27.5. The van der Waals surface area contributed by atoms with Gasteiger partial charge in [-0.2, -0.15) is 5.10 Å². The third-order valence-electron chi connectivity index (χ3n) is 2.57. The molecule has 2 aromatic rings. The average molecular weight is 355 g/mol. The Hall–Kier alpha value is -2.28. The van der Waals surface area contributed by atoms with Crippen LogP contribution in [0.5, 0.6) is 0 Å². The Morgan fingerprint density at radius 2 is 1.81 bits per heavy atom. The summed E-state index contributed by atoms with van der Waals surface area (Å²) in [5, 5.41) is 12.3. The van der Waals surface area contributed by atoms with E-state index in [9.17, 15) is 13.6 Å². The Kier molecular flexibility index (Phi) is 4.64. The third-order valence-corrected chi connectivity index (χ3v) is 3.06. The standard InChI is InChI=1S/C14H9BrF2N2O2/c15-9-3-6-11(12(17)7-9)13(18-19-14(20)21)8-1-4-10(16)5-2-8/h1-7,19H,(H,20,21). The number of nitrogens with zero attached hydrogens (tertiary/aromatic N) is 1. The third kappa shape index (κ3) is 3.85. The molecule has 2 N–H and O–H groups in total. The molecule has 0 aromatic heterocycles. The summed E-state index contributed by atoms with van der Waals surface area (Å²) in [5.74, 6) is -1.04. The Morgan fingerprint density at radius 3 is 2.38 bits per heavy atom. The second-order valence-corrected chi connectivity index (χ2v) is 4.92. The number of carboxylic acid groups (broad SMARTS) is 1. The van der Waals surface area contributed by atoms with Gasteiger partial charge in [0.1, 0.15) is 17.3 Å². The van der Waals surface area contributed by atoms with Crippen molar-refractivity contribution in [1.29, 1.82) is 0 Å². The number of hydrogen-bond donors (Lipinski definition) is 2. The number of rotatable bonds is 3. The molecule has 21 heavy (non-hydrogen) atoms. The molecule has 0 unspecified atom stereocenters. The monoisotopic (exact) mass is 354 g/mol. The van der Waals surface area contributed by atoms with Crippen molar-refractivity contribution in [3.05, 3.63) is 69.7 Å². The van der Waals surface area contributed by atoms with Gasteiger partial charge in [-0.25, -0.2) is 19.0 Å². The molecule has 0 saturated carbocycles. The molecule has 0 spiro atoms. The molecule has 2 rings (SSSR count). The van der Waals surface area contributed by atoms with E-state index in [1.165, 1.54) is 36.4 Å². The predicted octanol–water partition coefficient (Wildman–Crippen LogP) is 3.75. The van der Waals surface area contributed by atoms with E-state index in [0.717, 1.165) is 0 Å². The molecule has 0 aliphatic heterocycles. The number of halogens is 3. The minimum atomic E-state index is -1.38. The van der Waals surface area contributed by atoms with Crippen LogP contribution in [0.25, 0.3) is 0 Å². The summed E-state index contributed by atoms with van der Waals surface area (Å²) in [6, 6.07) is 9.42. The van der Waals surface area contributed by atoms with Crippen molar-refractivity contribution in [2.75, 3.05) is 0 Å². The van der Waals surface area contributed by atoms with Gasteiger partial charge in [0, 0.05) is 15.6 Å². The molecule has 0 atom stereocenters. The normalized spacial score (nSPS) is 11.3. The van der Waals surface area contributed by atoms with Crippen LogP contribution in [0.2, 0.25) is 0 Å². The van der Waals surface area contributed by atoms with Crippen LogP contribution in [-0.4, -0.2) is 16.9 Å². The summed E-state index contributed by atoms with van der Waals surface area (Å²) >= 11 is 3.13. The molecular formula is C14H9BrF2N2O2. The molecule has 4 nitrogen and oxygen atoms in total. The number of benzene rings is 2. The molecule has 2 aromatic carbocycles. The molecule has 0 heterocycles. The molecule has 0 aliphatic carbocycles. The summed E-state index contributed by atoms with van der Waals surface area (Å²) in [6.45, 7) is 0. The van der Waals surface area contributed by atoms with Gasteiger partial charge >= 0.3 is 6.09 Å². The van der Waals surface area contributed by atoms with E-state index in [0.29, 0.717) is 10.0 Å². The van der Waals surface area contributed by atoms with Crippen LogP contribution < -0.4 is 5.43 Å². The van der Waals surface area contributed by atoms with Crippen molar-refractivity contribution >= 4 is 27.7 Å². The quantitative estimate of drug-likeness (QED) is 0.651. The SMILES string of the molecule is O=C(O)NN=C(c1ccc(F)cc1)c1ccc(Br)cc1F. The zero-order valence-electron chi connectivity index (χ0n) is 10.5. The molecule has 0 aliphatic rings. The minimum absolute atomic E-state index is 0.0578. The van der Waals surface area contributed by atoms with Crippen molar-refractivity contribution in [2.45, 2.75) is 0 Å². The van der Waals surface area contributed by atoms with E-state index in [1.54, 1.807) is 6.07 Å². The van der Waals surface area contributed by atoms with Gasteiger partial charge in [0.25, 0.3) is 0 Å². The highest BCUT2D eigenvalue weighted by Gasteiger charge is 2.13. The largest absolute Gasteiger partial charge is 0.464 e. The lowest BCUT2D eigenvalue weighted by atomic mass is 10.0. The minimum Gasteiger partial charge on any atom is -0.464 e. The van der Waals surface area contributed by atoms with Crippen LogP contribution in [0.1, 0.15) is 11.1 Å². The highest BCUT2D eigenvalue weighted by molar-refractivity contribution is 9.10. The number of carbonyl (C=O) groups is 1. The number of hydrazone groups is 1. The summed E-state index contributed by atoms with van der Waals surface area (Å²) in [6.07, 6.45) is -1.38. The summed E-state index contributed by atoms with van der Waals surface area (Å²) in [4.78, 5) is 10.6. The molecular weight excluding hydrogens is 346 g/mol. The van der Waals surface area contributed by atoms with Crippen LogP contribution >= 0.6 is 15.9 Å². The lowest BCUT2D eigenvalue weighted by molar-refractivity contribution is 0.195. The average Bonchev–Trinajstić information content (AvgIpc) is 2.42. The predicted molar refractivity (Wildman–Crippen MR) is 77.3 cm³/mol. The van der Waals surface area contributed by atoms with Gasteiger partial charge < -0.3 is 5.11 Å². The zero-order valence-corrected chi connectivity index (χ0v) is 12.1. The molecule has 7 heteroatoms. The number of hydrogen-bond acceptors (Lipinski definition) is 2. The number of nitrogens with one attached hydrogen (secondary N) is 1. The van der Waals surface area contributed by atoms with Crippen molar-refractivity contribution in [3.63, 3.8) is 0 Å². The maximum Gasteiger partial charge on any atom is 0.425 e. The second-order valence-electron chi connectivity index (χ2n) is 4.01. The van der Waals surface area contributed by atoms with E-state index in [4.69, 9.17) is 5.11 Å². The number of amides is 1. The van der Waals surface area contributed by atoms with Gasteiger partial charge in [-0.1, -0.05) is 15.9 Å². The molecule has 0 saturated heterocycles. The fourth-order valence-electron chi connectivity index (χ4n) is 1.67. The Bertz CT molecular complexity index is 703. The van der Waals surface area contributed by atoms with Gasteiger partial charge in [0.15, 0.2) is 0 Å². The second kappa shape index (κ2) is 6.45. The fraction of sp³-hybridized carbons (Fsp3) is 0. The van der Waals surface area contributed by atoms with E-state index >= 15 is 0 Å². The lowest BCUT2D eigenvalue weighted by Gasteiger charge is -2.08. The van der Waals surface area contributed by atoms with E-state index in [-0.39, 0.29) is 11.3 Å². The summed E-state index contributed by atoms with van der Waals surface area (Å²) in [5.41, 5.74) is 2.37. The van der Waals surface area contributed by atoms with Gasteiger partial charge in [-0.3, -0.25) is 0 Å². The van der Waals surface area contributed by atoms with Crippen LogP contribution in [0.3, 0.4) is 0 Å². The molecule has 108 valence electrons. The van der Waals surface area contributed by atoms with E-state index in [1.807, 2.05) is 5.43 Å². The van der Waals surface area contributed by atoms with Gasteiger partial charge in [0.2, 0.25) is 0 Å². The van der Waals surface area contributed by atoms with E-state index < -0.39 is 17.7 Å². The maximum atomic E-state index is 14.0. The van der Waals surface area contributed by atoms with Crippen molar-refractivity contribution < 1.29 is 18.7 Å². The maximum absolute atomic E-state index is 14.0. The van der Waals surface area contributed by atoms with E-state index in [2.05, 4.69) is 21.0 Å². The van der Waals surface area contributed by atoms with Crippen molar-refractivity contribution in [2.24, 2.45) is 5.10 Å². The van der Waals surface area contributed by atoms with Crippen LogP contribution in [0, 0.1) is 11.6 Å². The van der Waals surface area contributed by atoms with Crippen LogP contribution in [0.4, 0.5) is 13.6 Å². The summed E-state index contributed by atoms with van der Waals surface area (Å²) in [7, 11) is 0. The van der Waals surface area contributed by atoms with Gasteiger partial charge in [-0.05, 0) is 42.5 Å². The Balaban J connectivity index is 2.52. The highest BCUT2D eigenvalue weighted by Crippen LogP contribution is 2.19. The van der Waals surface area contributed by atoms with Crippen molar-refractivity contribution in [1.82, 2.24) is 5.43 Å². The first kappa shape index (κ1) is 15.1. The van der Waals surface area contributed by atoms with Crippen LogP contribution in [-0.2, 0) is 0 Å². The molecule has 0 bridgehead atoms. The highest BCUT2D eigenvalue weighted by atomic mass is 79.9. The zero-order chi connectivity index (χ0) is 15.4.